The van der Waals surface area contributed by atoms with E-state index in [1.807, 2.05) is 51.1 Å². The summed E-state index contributed by atoms with van der Waals surface area (Å²) in [6.07, 6.45) is 0. The highest BCUT2D eigenvalue weighted by Crippen LogP contribution is 2.25. The van der Waals surface area contributed by atoms with Crippen molar-refractivity contribution in [2.45, 2.75) is 25.9 Å². The van der Waals surface area contributed by atoms with E-state index in [2.05, 4.69) is 20.3 Å². The van der Waals surface area contributed by atoms with Crippen LogP contribution in [0.4, 0.5) is 0 Å². The Bertz CT molecular complexity index is 1150. The summed E-state index contributed by atoms with van der Waals surface area (Å²) >= 11 is 1.26. The molecule has 27 heavy (non-hydrogen) atoms. The van der Waals surface area contributed by atoms with E-state index >= 15 is 0 Å². The van der Waals surface area contributed by atoms with E-state index < -0.39 is 0 Å². The van der Waals surface area contributed by atoms with Gasteiger partial charge in [0.2, 0.25) is 5.16 Å². The molecule has 0 saturated carbocycles. The number of para-hydroxylation sites is 1. The van der Waals surface area contributed by atoms with Crippen LogP contribution in [0.25, 0.3) is 16.9 Å². The van der Waals surface area contributed by atoms with Gasteiger partial charge in [-0.05, 0) is 32.9 Å². The molecule has 0 unspecified atom stereocenters. The minimum absolute atomic E-state index is 0.0191. The van der Waals surface area contributed by atoms with Crippen molar-refractivity contribution in [3.63, 3.8) is 0 Å². The Kier molecular flexibility index (Phi) is 4.23. The number of benzene rings is 1. The summed E-state index contributed by atoms with van der Waals surface area (Å²) in [4.78, 5) is 16.1. The number of nitrogens with zero attached hydrogens (tertiary/aromatic N) is 5. The molecule has 0 aliphatic carbocycles. The van der Waals surface area contributed by atoms with Crippen molar-refractivity contribution in [2.24, 2.45) is 0 Å². The summed E-state index contributed by atoms with van der Waals surface area (Å²) in [5.74, 6) is 6.78. The van der Waals surface area contributed by atoms with Crippen molar-refractivity contribution in [3.8, 4) is 5.95 Å². The molecular formula is C18H19N7OS. The van der Waals surface area contributed by atoms with Crippen LogP contribution in [0, 0.1) is 20.8 Å². The number of aromatic amines is 1. The number of hydrogen-bond acceptors (Lipinski definition) is 6. The molecule has 0 atom stereocenters. The lowest BCUT2D eigenvalue weighted by molar-refractivity contribution is 0.102. The third kappa shape index (κ3) is 2.99. The molecule has 0 aliphatic heterocycles. The van der Waals surface area contributed by atoms with Gasteiger partial charge in [-0.2, -0.15) is 5.10 Å². The van der Waals surface area contributed by atoms with Gasteiger partial charge in [0.15, 0.2) is 5.78 Å². The number of nitrogen functional groups attached to an aromatic ring is 1. The second-order valence-electron chi connectivity index (χ2n) is 6.37. The number of carbonyl (C=O) groups excluding carboxylic acids is 1. The van der Waals surface area contributed by atoms with Crippen LogP contribution in [0.1, 0.15) is 27.4 Å². The van der Waals surface area contributed by atoms with Crippen molar-refractivity contribution in [1.82, 2.24) is 29.6 Å². The molecule has 0 radical (unpaired) electrons. The number of rotatable bonds is 5. The number of hydrogen-bond donors (Lipinski definition) is 2. The van der Waals surface area contributed by atoms with Gasteiger partial charge in [-0.25, -0.2) is 9.36 Å². The highest BCUT2D eigenvalue weighted by Gasteiger charge is 2.19. The molecule has 3 heterocycles. The fourth-order valence-electron chi connectivity index (χ4n) is 3.18. The van der Waals surface area contributed by atoms with Crippen LogP contribution in [-0.2, 0) is 0 Å². The number of fused-ring (bicyclic) bond motifs is 1. The van der Waals surface area contributed by atoms with Crippen molar-refractivity contribution in [3.05, 3.63) is 53.0 Å². The van der Waals surface area contributed by atoms with Crippen LogP contribution in [0.3, 0.4) is 0 Å². The Morgan fingerprint density at radius 1 is 1.22 bits per heavy atom. The second-order valence-corrected chi connectivity index (χ2v) is 7.32. The Hall–Kier alpha value is -3.07. The molecule has 4 rings (SSSR count). The monoisotopic (exact) mass is 381 g/mol. The minimum Gasteiger partial charge on any atom is -0.358 e. The van der Waals surface area contributed by atoms with E-state index in [4.69, 9.17) is 5.84 Å². The molecule has 4 aromatic rings. The summed E-state index contributed by atoms with van der Waals surface area (Å²) in [6, 6.07) is 9.72. The molecule has 0 amide bonds. The lowest BCUT2D eigenvalue weighted by atomic mass is 10.1. The number of H-pyrrole nitrogens is 1. The van der Waals surface area contributed by atoms with Crippen LogP contribution in [0.15, 0.2) is 35.5 Å². The van der Waals surface area contributed by atoms with E-state index in [0.717, 1.165) is 28.0 Å². The lowest BCUT2D eigenvalue weighted by Gasteiger charge is -2.05. The van der Waals surface area contributed by atoms with E-state index in [-0.39, 0.29) is 11.5 Å². The average Bonchev–Trinajstić information content (AvgIpc) is 3.27. The molecule has 0 fully saturated rings. The largest absolute Gasteiger partial charge is 0.358 e. The molecule has 0 spiro atoms. The van der Waals surface area contributed by atoms with Gasteiger partial charge in [0.25, 0.3) is 5.95 Å². The van der Waals surface area contributed by atoms with Crippen LogP contribution in [0.2, 0.25) is 0 Å². The third-order valence-electron chi connectivity index (χ3n) is 4.35. The van der Waals surface area contributed by atoms with Gasteiger partial charge in [0.05, 0.1) is 11.4 Å². The number of aromatic nitrogens is 6. The first-order chi connectivity index (χ1) is 13.0. The van der Waals surface area contributed by atoms with Crippen molar-refractivity contribution < 1.29 is 4.79 Å². The number of ketones is 1. The Labute approximate surface area is 159 Å². The van der Waals surface area contributed by atoms with E-state index in [1.165, 1.54) is 16.4 Å². The minimum atomic E-state index is 0.0191. The highest BCUT2D eigenvalue weighted by atomic mass is 32.2. The first kappa shape index (κ1) is 17.3. The quantitative estimate of drug-likeness (QED) is 0.312. The maximum atomic E-state index is 12.8. The Morgan fingerprint density at radius 2 is 2.00 bits per heavy atom. The zero-order valence-electron chi connectivity index (χ0n) is 15.2. The van der Waals surface area contributed by atoms with E-state index in [1.54, 1.807) is 4.68 Å². The van der Waals surface area contributed by atoms with Gasteiger partial charge >= 0.3 is 0 Å². The lowest BCUT2D eigenvalue weighted by Crippen LogP contribution is -2.17. The molecule has 3 N–H and O–H groups in total. The summed E-state index contributed by atoms with van der Waals surface area (Å²) in [5.41, 5.74) is 4.31. The first-order valence-corrected chi connectivity index (χ1v) is 9.41. The second kappa shape index (κ2) is 6.58. The van der Waals surface area contributed by atoms with Crippen molar-refractivity contribution in [2.75, 3.05) is 11.6 Å². The number of carbonyl (C=O) groups is 1. The summed E-state index contributed by atoms with van der Waals surface area (Å²) in [5, 5.41) is 14.0. The normalized spacial score (nSPS) is 11.4. The molecule has 8 nitrogen and oxygen atoms in total. The fraction of sp³-hybridized carbons (Fsp3) is 0.222. The van der Waals surface area contributed by atoms with Crippen LogP contribution in [0.5, 0.6) is 0 Å². The smallest absolute Gasteiger partial charge is 0.271 e. The summed E-state index contributed by atoms with van der Waals surface area (Å²) < 4.78 is 3.00. The van der Waals surface area contributed by atoms with Gasteiger partial charge in [-0.3, -0.25) is 4.79 Å². The standard InChI is InChI=1S/C18H19N7OS/c1-10-8-11(2)25(23-10)17-21-22-18(24(17)19)27-9-15(26)16-12(3)20-14-7-5-4-6-13(14)16/h4-8,20H,9,19H2,1-3H3. The SMILES string of the molecule is Cc1cc(C)n(-c2nnc(SCC(=O)c3c(C)[nH]c4ccccc34)n2N)n1. The summed E-state index contributed by atoms with van der Waals surface area (Å²) in [7, 11) is 0. The first-order valence-electron chi connectivity index (χ1n) is 8.43. The number of nitrogens with one attached hydrogen (secondary N) is 1. The molecule has 0 aliphatic rings. The molecule has 9 heteroatoms. The van der Waals surface area contributed by atoms with E-state index in [0.29, 0.717) is 16.7 Å². The molecule has 1 aromatic carbocycles. The van der Waals surface area contributed by atoms with Crippen molar-refractivity contribution in [1.29, 1.82) is 0 Å². The Balaban J connectivity index is 1.56. The van der Waals surface area contributed by atoms with Gasteiger partial charge in [-0.1, -0.05) is 30.0 Å². The fourth-order valence-corrected chi connectivity index (χ4v) is 3.91. The zero-order chi connectivity index (χ0) is 19.1. The third-order valence-corrected chi connectivity index (χ3v) is 5.29. The maximum absolute atomic E-state index is 12.8. The predicted molar refractivity (Wildman–Crippen MR) is 105 cm³/mol. The maximum Gasteiger partial charge on any atom is 0.271 e. The zero-order valence-corrected chi connectivity index (χ0v) is 16.0. The molecule has 0 bridgehead atoms. The number of aryl methyl sites for hydroxylation is 3. The average molecular weight is 381 g/mol. The predicted octanol–water partition coefficient (Wildman–Crippen LogP) is 2.56. The van der Waals surface area contributed by atoms with Crippen LogP contribution < -0.4 is 5.84 Å². The van der Waals surface area contributed by atoms with Crippen LogP contribution in [-0.4, -0.2) is 41.2 Å². The van der Waals surface area contributed by atoms with E-state index in [9.17, 15) is 4.79 Å². The van der Waals surface area contributed by atoms with Gasteiger partial charge in [-0.15, -0.1) is 10.2 Å². The van der Waals surface area contributed by atoms with Crippen molar-refractivity contribution >= 4 is 28.4 Å². The molecule has 3 aromatic heterocycles. The van der Waals surface area contributed by atoms with Gasteiger partial charge < -0.3 is 10.8 Å². The highest BCUT2D eigenvalue weighted by molar-refractivity contribution is 7.99. The number of nitrogens with two attached hydrogens (primary N) is 1. The molecule has 0 saturated heterocycles. The molecule has 138 valence electrons. The number of Topliss-reactive ketones (excluding diaryl/α,β-unsaturated/α-hetero) is 1. The topological polar surface area (TPSA) is 107 Å². The van der Waals surface area contributed by atoms with Gasteiger partial charge in [0.1, 0.15) is 0 Å². The van der Waals surface area contributed by atoms with Crippen LogP contribution >= 0.6 is 11.8 Å². The number of thioether (sulfide) groups is 1. The molecular weight excluding hydrogens is 362 g/mol. The summed E-state index contributed by atoms with van der Waals surface area (Å²) in [6.45, 7) is 5.73. The Morgan fingerprint density at radius 3 is 2.74 bits per heavy atom. The van der Waals surface area contributed by atoms with Gasteiger partial charge in [0, 0.05) is 27.9 Å².